The summed E-state index contributed by atoms with van der Waals surface area (Å²) in [6, 6.07) is 21.0. The standard InChI is InChI=1S/C12H11ClN2.C11H9ClN2/c1-8-6-10(7-15-12(8)14)9-2-4-11(13)5-3-9;12-10-4-1-8(2-5-10)9-3-6-11(13)14-7-9/h2-7H,1H3,(H2,14,15);1-7H,(H2,13,14). The Kier molecular flexibility index (Phi) is 6.70. The molecule has 0 aliphatic heterocycles. The SMILES string of the molecule is Cc1cc(-c2ccc(Cl)cc2)cnc1N.Nc1ccc(-c2ccc(Cl)cc2)cn1. The van der Waals surface area contributed by atoms with Crippen molar-refractivity contribution in [2.24, 2.45) is 0 Å². The van der Waals surface area contributed by atoms with Crippen LogP contribution in [-0.4, -0.2) is 9.97 Å². The van der Waals surface area contributed by atoms with Crippen LogP contribution in [0.5, 0.6) is 0 Å². The molecule has 0 saturated heterocycles. The number of nitrogen functional groups attached to an aromatic ring is 2. The van der Waals surface area contributed by atoms with Crippen molar-refractivity contribution in [2.75, 3.05) is 11.5 Å². The van der Waals surface area contributed by atoms with E-state index in [9.17, 15) is 0 Å². The van der Waals surface area contributed by atoms with Gasteiger partial charge < -0.3 is 11.5 Å². The lowest BCUT2D eigenvalue weighted by Gasteiger charge is -2.04. The van der Waals surface area contributed by atoms with Crippen LogP contribution in [0.1, 0.15) is 5.56 Å². The molecule has 4 N–H and O–H groups in total. The third-order valence-corrected chi connectivity index (χ3v) is 4.76. The molecule has 0 aliphatic rings. The lowest BCUT2D eigenvalue weighted by Crippen LogP contribution is -1.93. The van der Waals surface area contributed by atoms with Crippen molar-refractivity contribution >= 4 is 34.8 Å². The predicted molar refractivity (Wildman–Crippen MR) is 123 cm³/mol. The van der Waals surface area contributed by atoms with E-state index < -0.39 is 0 Å². The van der Waals surface area contributed by atoms with Crippen LogP contribution in [0.2, 0.25) is 10.0 Å². The van der Waals surface area contributed by atoms with Gasteiger partial charge >= 0.3 is 0 Å². The largest absolute Gasteiger partial charge is 0.384 e. The zero-order chi connectivity index (χ0) is 20.8. The minimum Gasteiger partial charge on any atom is -0.384 e. The quantitative estimate of drug-likeness (QED) is 0.398. The Morgan fingerprint density at radius 2 is 1.10 bits per heavy atom. The molecule has 2 heterocycles. The van der Waals surface area contributed by atoms with Crippen LogP contribution in [0.3, 0.4) is 0 Å². The first-order valence-corrected chi connectivity index (χ1v) is 9.63. The van der Waals surface area contributed by atoms with Crippen molar-refractivity contribution < 1.29 is 0 Å². The molecule has 0 radical (unpaired) electrons. The first-order valence-electron chi connectivity index (χ1n) is 8.88. The summed E-state index contributed by atoms with van der Waals surface area (Å²) >= 11 is 11.6. The van der Waals surface area contributed by atoms with Gasteiger partial charge in [0.1, 0.15) is 11.6 Å². The monoisotopic (exact) mass is 422 g/mol. The van der Waals surface area contributed by atoms with Gasteiger partial charge in [0.2, 0.25) is 0 Å². The number of hydrogen-bond donors (Lipinski definition) is 2. The summed E-state index contributed by atoms with van der Waals surface area (Å²) in [7, 11) is 0. The molecule has 6 heteroatoms. The van der Waals surface area contributed by atoms with E-state index in [1.807, 2.05) is 67.6 Å². The van der Waals surface area contributed by atoms with Gasteiger partial charge in [-0.3, -0.25) is 0 Å². The highest BCUT2D eigenvalue weighted by Crippen LogP contribution is 2.23. The van der Waals surface area contributed by atoms with E-state index in [0.717, 1.165) is 37.9 Å². The van der Waals surface area contributed by atoms with E-state index in [4.69, 9.17) is 34.7 Å². The molecule has 2 aromatic carbocycles. The van der Waals surface area contributed by atoms with Gasteiger partial charge in [-0.1, -0.05) is 47.5 Å². The van der Waals surface area contributed by atoms with Crippen molar-refractivity contribution in [2.45, 2.75) is 6.92 Å². The molecule has 4 nitrogen and oxygen atoms in total. The fourth-order valence-corrected chi connectivity index (χ4v) is 2.86. The summed E-state index contributed by atoms with van der Waals surface area (Å²) in [6.45, 7) is 1.95. The smallest absolute Gasteiger partial charge is 0.126 e. The van der Waals surface area contributed by atoms with Gasteiger partial charge in [0.25, 0.3) is 0 Å². The first kappa shape index (κ1) is 20.6. The lowest BCUT2D eigenvalue weighted by molar-refractivity contribution is 1.28. The maximum atomic E-state index is 5.82. The van der Waals surface area contributed by atoms with Gasteiger partial charge in [0.05, 0.1) is 0 Å². The van der Waals surface area contributed by atoms with Crippen LogP contribution in [-0.2, 0) is 0 Å². The Balaban J connectivity index is 0.000000166. The van der Waals surface area contributed by atoms with Crippen LogP contribution >= 0.6 is 23.2 Å². The average Bonchev–Trinajstić information content (AvgIpc) is 2.72. The summed E-state index contributed by atoms with van der Waals surface area (Å²) in [5.41, 5.74) is 16.4. The molecule has 4 rings (SSSR count). The summed E-state index contributed by atoms with van der Waals surface area (Å²) in [6.07, 6.45) is 3.52. The molecule has 4 aromatic rings. The highest BCUT2D eigenvalue weighted by molar-refractivity contribution is 6.30. The maximum absolute atomic E-state index is 5.82. The third kappa shape index (κ3) is 5.70. The Labute approximate surface area is 180 Å². The summed E-state index contributed by atoms with van der Waals surface area (Å²) in [4.78, 5) is 8.14. The van der Waals surface area contributed by atoms with Crippen LogP contribution in [0.15, 0.2) is 79.1 Å². The molecule has 0 saturated carbocycles. The zero-order valence-corrected chi connectivity index (χ0v) is 17.3. The van der Waals surface area contributed by atoms with Crippen molar-refractivity contribution in [3.63, 3.8) is 0 Å². The fraction of sp³-hybridized carbons (Fsp3) is 0.0435. The molecule has 0 unspecified atom stereocenters. The Morgan fingerprint density at radius 1 is 0.621 bits per heavy atom. The predicted octanol–water partition coefficient (Wildman–Crippen LogP) is 6.28. The van der Waals surface area contributed by atoms with E-state index in [1.165, 1.54) is 0 Å². The van der Waals surface area contributed by atoms with E-state index >= 15 is 0 Å². The highest BCUT2D eigenvalue weighted by Gasteiger charge is 2.01. The molecule has 29 heavy (non-hydrogen) atoms. The highest BCUT2D eigenvalue weighted by atomic mass is 35.5. The van der Waals surface area contributed by atoms with Gasteiger partial charge in [0.15, 0.2) is 0 Å². The number of pyridine rings is 2. The minimum absolute atomic E-state index is 0.530. The number of benzene rings is 2. The molecule has 0 bridgehead atoms. The second-order valence-electron chi connectivity index (χ2n) is 6.41. The average molecular weight is 423 g/mol. The molecular weight excluding hydrogens is 403 g/mol. The normalized spacial score (nSPS) is 10.2. The Hall–Kier alpha value is -3.08. The second-order valence-corrected chi connectivity index (χ2v) is 7.28. The van der Waals surface area contributed by atoms with Gasteiger partial charge in [0, 0.05) is 33.6 Å². The Morgan fingerprint density at radius 3 is 1.59 bits per heavy atom. The first-order chi connectivity index (χ1) is 13.9. The molecule has 2 aromatic heterocycles. The fourth-order valence-electron chi connectivity index (χ4n) is 2.60. The lowest BCUT2D eigenvalue weighted by atomic mass is 10.1. The van der Waals surface area contributed by atoms with Crippen LogP contribution in [0.4, 0.5) is 11.6 Å². The summed E-state index contributed by atoms with van der Waals surface area (Å²) < 4.78 is 0. The molecule has 0 spiro atoms. The van der Waals surface area contributed by atoms with E-state index in [0.29, 0.717) is 11.6 Å². The minimum atomic E-state index is 0.530. The third-order valence-electron chi connectivity index (χ3n) is 4.26. The van der Waals surface area contributed by atoms with Crippen LogP contribution < -0.4 is 11.5 Å². The number of nitrogens with zero attached hydrogens (tertiary/aromatic N) is 2. The van der Waals surface area contributed by atoms with E-state index in [2.05, 4.69) is 9.97 Å². The number of aromatic nitrogens is 2. The van der Waals surface area contributed by atoms with Gasteiger partial charge in [-0.25, -0.2) is 9.97 Å². The van der Waals surface area contributed by atoms with Crippen molar-refractivity contribution in [3.05, 3.63) is 94.7 Å². The van der Waals surface area contributed by atoms with Crippen molar-refractivity contribution in [1.82, 2.24) is 9.97 Å². The Bertz CT molecular complexity index is 1030. The van der Waals surface area contributed by atoms with Gasteiger partial charge in [-0.2, -0.15) is 0 Å². The number of rotatable bonds is 2. The van der Waals surface area contributed by atoms with Crippen molar-refractivity contribution in [3.8, 4) is 22.3 Å². The molecule has 0 atom stereocenters. The summed E-state index contributed by atoms with van der Waals surface area (Å²) in [5, 5.41) is 1.47. The number of aryl methyl sites for hydroxylation is 1. The van der Waals surface area contributed by atoms with E-state index in [-0.39, 0.29) is 0 Å². The topological polar surface area (TPSA) is 77.8 Å². The van der Waals surface area contributed by atoms with Gasteiger partial charge in [-0.05, 0) is 66.1 Å². The van der Waals surface area contributed by atoms with Crippen LogP contribution in [0.25, 0.3) is 22.3 Å². The molecule has 0 fully saturated rings. The summed E-state index contributed by atoms with van der Waals surface area (Å²) in [5.74, 6) is 1.11. The van der Waals surface area contributed by atoms with E-state index in [1.54, 1.807) is 18.5 Å². The second kappa shape index (κ2) is 9.41. The molecule has 146 valence electrons. The van der Waals surface area contributed by atoms with Crippen LogP contribution in [0, 0.1) is 6.92 Å². The number of hydrogen-bond acceptors (Lipinski definition) is 4. The molecule has 0 amide bonds. The number of nitrogens with two attached hydrogens (primary N) is 2. The maximum Gasteiger partial charge on any atom is 0.126 e. The molecule has 0 aliphatic carbocycles. The molecular formula is C23H20Cl2N4. The van der Waals surface area contributed by atoms with Crippen molar-refractivity contribution in [1.29, 1.82) is 0 Å². The zero-order valence-electron chi connectivity index (χ0n) is 15.8. The number of halogens is 2. The number of anilines is 2. The van der Waals surface area contributed by atoms with Gasteiger partial charge in [-0.15, -0.1) is 0 Å².